The van der Waals surface area contributed by atoms with Crippen molar-refractivity contribution in [1.82, 2.24) is 20.1 Å². The van der Waals surface area contributed by atoms with E-state index in [4.69, 9.17) is 11.6 Å². The normalized spacial score (nSPS) is 10.5. The summed E-state index contributed by atoms with van der Waals surface area (Å²) in [6.45, 7) is 1.23. The highest BCUT2D eigenvalue weighted by molar-refractivity contribution is 7.09. The summed E-state index contributed by atoms with van der Waals surface area (Å²) in [5.74, 6) is 0.356. The Labute approximate surface area is 114 Å². The molecule has 0 radical (unpaired) electrons. The van der Waals surface area contributed by atoms with Crippen LogP contribution < -0.4 is 5.32 Å². The third kappa shape index (κ3) is 3.82. The lowest BCUT2D eigenvalue weighted by molar-refractivity contribution is -0.120. The molecule has 0 atom stereocenters. The minimum absolute atomic E-state index is 0.0300. The second-order valence-corrected chi connectivity index (χ2v) is 4.87. The number of alkyl halides is 1. The second-order valence-electron chi connectivity index (χ2n) is 3.66. The van der Waals surface area contributed by atoms with Crippen LogP contribution in [0.25, 0.3) is 0 Å². The van der Waals surface area contributed by atoms with Crippen LogP contribution >= 0.6 is 22.9 Å². The van der Waals surface area contributed by atoms with Gasteiger partial charge >= 0.3 is 0 Å². The molecule has 0 unspecified atom stereocenters. The molecule has 0 aliphatic heterocycles. The number of carbonyl (C=O) groups excluding carboxylic acids is 1. The summed E-state index contributed by atoms with van der Waals surface area (Å²) in [7, 11) is 0. The van der Waals surface area contributed by atoms with E-state index in [2.05, 4.69) is 15.4 Å². The molecule has 1 amide bonds. The number of hydrogen-bond donors (Lipinski definition) is 1. The zero-order chi connectivity index (χ0) is 12.8. The summed E-state index contributed by atoms with van der Waals surface area (Å²) >= 11 is 7.11. The first-order valence-corrected chi connectivity index (χ1v) is 6.92. The number of thiazole rings is 1. The van der Waals surface area contributed by atoms with E-state index in [1.54, 1.807) is 10.9 Å². The molecule has 0 aromatic carbocycles. The largest absolute Gasteiger partial charge is 0.354 e. The molecule has 0 aliphatic rings. The van der Waals surface area contributed by atoms with Crippen LogP contribution in [-0.4, -0.2) is 27.2 Å². The Balaban J connectivity index is 1.71. The number of halogens is 1. The first-order valence-electron chi connectivity index (χ1n) is 5.51. The minimum Gasteiger partial charge on any atom is -0.354 e. The molecule has 0 saturated carbocycles. The van der Waals surface area contributed by atoms with Crippen molar-refractivity contribution in [2.24, 2.45) is 0 Å². The first kappa shape index (κ1) is 13.0. The zero-order valence-electron chi connectivity index (χ0n) is 9.67. The SMILES string of the molecule is O=C(Cc1nc(CCl)cs1)NCCn1cccn1. The average molecular weight is 285 g/mol. The molecule has 0 spiro atoms. The number of carbonyl (C=O) groups is 1. The summed E-state index contributed by atoms with van der Waals surface area (Å²) in [5, 5.41) is 9.55. The molecule has 0 saturated heterocycles. The van der Waals surface area contributed by atoms with Gasteiger partial charge in [-0.15, -0.1) is 22.9 Å². The van der Waals surface area contributed by atoms with Crippen molar-refractivity contribution in [3.63, 3.8) is 0 Å². The summed E-state index contributed by atoms with van der Waals surface area (Å²) in [6, 6.07) is 1.85. The Morgan fingerprint density at radius 2 is 2.44 bits per heavy atom. The van der Waals surface area contributed by atoms with Crippen molar-refractivity contribution in [3.8, 4) is 0 Å². The van der Waals surface area contributed by atoms with Gasteiger partial charge in [-0.2, -0.15) is 5.10 Å². The first-order chi connectivity index (χ1) is 8.78. The van der Waals surface area contributed by atoms with Crippen LogP contribution in [0.3, 0.4) is 0 Å². The van der Waals surface area contributed by atoms with Gasteiger partial charge in [-0.3, -0.25) is 9.48 Å². The standard InChI is InChI=1S/C11H13ClN4OS/c12-7-9-8-18-11(15-9)6-10(17)13-3-5-16-4-1-2-14-16/h1-2,4,8H,3,5-7H2,(H,13,17). The fraction of sp³-hybridized carbons (Fsp3) is 0.364. The molecule has 0 fully saturated rings. The molecule has 2 aromatic rings. The number of hydrogen-bond acceptors (Lipinski definition) is 4. The van der Waals surface area contributed by atoms with Crippen LogP contribution in [0.5, 0.6) is 0 Å². The maximum atomic E-state index is 11.6. The third-order valence-electron chi connectivity index (χ3n) is 2.27. The number of aromatic nitrogens is 3. The Bertz CT molecular complexity index is 497. The van der Waals surface area contributed by atoms with Crippen LogP contribution in [-0.2, 0) is 23.6 Å². The third-order valence-corrected chi connectivity index (χ3v) is 3.44. The van der Waals surface area contributed by atoms with Gasteiger partial charge in [-0.05, 0) is 6.07 Å². The van der Waals surface area contributed by atoms with Crippen LogP contribution in [0.15, 0.2) is 23.8 Å². The van der Waals surface area contributed by atoms with Gasteiger partial charge in [0.1, 0.15) is 5.01 Å². The summed E-state index contributed by atoms with van der Waals surface area (Å²) in [5.41, 5.74) is 0.820. The maximum absolute atomic E-state index is 11.6. The highest BCUT2D eigenvalue weighted by atomic mass is 35.5. The van der Waals surface area contributed by atoms with Gasteiger partial charge in [0.25, 0.3) is 0 Å². The maximum Gasteiger partial charge on any atom is 0.226 e. The molecule has 2 aromatic heterocycles. The van der Waals surface area contributed by atoms with Crippen molar-refractivity contribution in [2.75, 3.05) is 6.54 Å². The molecule has 2 rings (SSSR count). The number of nitrogens with zero attached hydrogens (tertiary/aromatic N) is 3. The Kier molecular flexibility index (Phi) is 4.72. The quantitative estimate of drug-likeness (QED) is 0.817. The molecule has 2 heterocycles. The highest BCUT2D eigenvalue weighted by Crippen LogP contribution is 2.11. The van der Waals surface area contributed by atoms with Gasteiger partial charge in [-0.1, -0.05) is 0 Å². The smallest absolute Gasteiger partial charge is 0.226 e. The Morgan fingerprint density at radius 3 is 3.11 bits per heavy atom. The molecule has 0 bridgehead atoms. The van der Waals surface area contributed by atoms with Gasteiger partial charge in [0.15, 0.2) is 0 Å². The predicted molar refractivity (Wildman–Crippen MR) is 70.6 cm³/mol. The lowest BCUT2D eigenvalue weighted by atomic mass is 10.4. The van der Waals surface area contributed by atoms with Crippen molar-refractivity contribution in [3.05, 3.63) is 34.5 Å². The summed E-state index contributed by atoms with van der Waals surface area (Å²) in [6.07, 6.45) is 3.88. The van der Waals surface area contributed by atoms with E-state index in [1.165, 1.54) is 11.3 Å². The van der Waals surface area contributed by atoms with Gasteiger partial charge in [0.05, 0.1) is 24.5 Å². The van der Waals surface area contributed by atoms with Crippen molar-refractivity contribution >= 4 is 28.8 Å². The van der Waals surface area contributed by atoms with E-state index in [-0.39, 0.29) is 5.91 Å². The predicted octanol–water partition coefficient (Wildman–Crippen LogP) is 1.44. The van der Waals surface area contributed by atoms with Crippen molar-refractivity contribution in [2.45, 2.75) is 18.8 Å². The zero-order valence-corrected chi connectivity index (χ0v) is 11.2. The Morgan fingerprint density at radius 1 is 1.56 bits per heavy atom. The van der Waals surface area contributed by atoms with Gasteiger partial charge < -0.3 is 5.32 Å². The van der Waals surface area contributed by atoms with E-state index >= 15 is 0 Å². The minimum atomic E-state index is -0.0300. The van der Waals surface area contributed by atoms with Crippen LogP contribution in [0.1, 0.15) is 10.7 Å². The van der Waals surface area contributed by atoms with Crippen molar-refractivity contribution in [1.29, 1.82) is 0 Å². The van der Waals surface area contributed by atoms with E-state index in [9.17, 15) is 4.79 Å². The van der Waals surface area contributed by atoms with Crippen LogP contribution in [0.4, 0.5) is 0 Å². The lowest BCUT2D eigenvalue weighted by Gasteiger charge is -2.03. The topological polar surface area (TPSA) is 59.8 Å². The number of rotatable bonds is 6. The molecule has 96 valence electrons. The lowest BCUT2D eigenvalue weighted by Crippen LogP contribution is -2.28. The molecular weight excluding hydrogens is 272 g/mol. The molecule has 18 heavy (non-hydrogen) atoms. The molecular formula is C11H13ClN4OS. The summed E-state index contributed by atoms with van der Waals surface area (Å²) in [4.78, 5) is 15.9. The fourth-order valence-corrected chi connectivity index (χ4v) is 2.45. The van der Waals surface area contributed by atoms with Gasteiger partial charge in [-0.25, -0.2) is 4.98 Å². The van der Waals surface area contributed by atoms with E-state index in [0.29, 0.717) is 25.4 Å². The second kappa shape index (κ2) is 6.51. The van der Waals surface area contributed by atoms with Crippen LogP contribution in [0.2, 0.25) is 0 Å². The van der Waals surface area contributed by atoms with Gasteiger partial charge in [0.2, 0.25) is 5.91 Å². The van der Waals surface area contributed by atoms with E-state index in [0.717, 1.165) is 10.7 Å². The summed E-state index contributed by atoms with van der Waals surface area (Å²) < 4.78 is 1.77. The van der Waals surface area contributed by atoms with Crippen molar-refractivity contribution < 1.29 is 4.79 Å². The average Bonchev–Trinajstić information content (AvgIpc) is 3.00. The number of nitrogens with one attached hydrogen (secondary N) is 1. The molecule has 5 nitrogen and oxygen atoms in total. The monoisotopic (exact) mass is 284 g/mol. The highest BCUT2D eigenvalue weighted by Gasteiger charge is 2.07. The molecule has 0 aliphatic carbocycles. The molecule has 7 heteroatoms. The van der Waals surface area contributed by atoms with E-state index in [1.807, 2.05) is 17.6 Å². The van der Waals surface area contributed by atoms with E-state index < -0.39 is 0 Å². The molecule has 1 N–H and O–H groups in total. The number of amides is 1. The Hall–Kier alpha value is -1.40. The van der Waals surface area contributed by atoms with Gasteiger partial charge in [0, 0.05) is 24.3 Å². The fourth-order valence-electron chi connectivity index (χ4n) is 1.43. The van der Waals surface area contributed by atoms with Crippen LogP contribution in [0, 0.1) is 0 Å².